The number of nitrogen functional groups attached to an aromatic ring is 1. The molecule has 2 rings (SSSR count). The number of anilines is 1. The summed E-state index contributed by atoms with van der Waals surface area (Å²) in [4.78, 5) is 4.23. The summed E-state index contributed by atoms with van der Waals surface area (Å²) in [5.41, 5.74) is 7.59. The van der Waals surface area contributed by atoms with Crippen LogP contribution in [0, 0.1) is 0 Å². The molecule has 1 aromatic carbocycles. The van der Waals surface area contributed by atoms with Crippen LogP contribution in [0.1, 0.15) is 12.8 Å². The normalized spacial score (nSPS) is 10.9. The van der Waals surface area contributed by atoms with Crippen molar-refractivity contribution in [3.63, 3.8) is 0 Å². The maximum absolute atomic E-state index is 5.83. The highest BCUT2D eigenvalue weighted by atomic mass is 35.5. The summed E-state index contributed by atoms with van der Waals surface area (Å²) in [6.45, 7) is 1.98. The third-order valence-electron chi connectivity index (χ3n) is 1.85. The highest BCUT2D eigenvalue weighted by molar-refractivity contribution is 6.33. The van der Waals surface area contributed by atoms with E-state index < -0.39 is 0 Å². The van der Waals surface area contributed by atoms with Crippen molar-refractivity contribution in [2.75, 3.05) is 5.73 Å². The molecule has 0 aliphatic heterocycles. The largest absolute Gasteiger partial charge is 0.441 e. The summed E-state index contributed by atoms with van der Waals surface area (Å²) in [5, 5.41) is 0.517. The minimum Gasteiger partial charge on any atom is -0.441 e. The van der Waals surface area contributed by atoms with Crippen LogP contribution in [0.3, 0.4) is 0 Å². The number of hydrogen-bond donors (Lipinski definition) is 1. The molecule has 0 spiro atoms. The Bertz CT molecular complexity index is 411. The number of fused-ring (bicyclic) bond motifs is 1. The number of nitrogens with zero attached hydrogens (tertiary/aromatic N) is 1. The van der Waals surface area contributed by atoms with E-state index in [4.69, 9.17) is 21.8 Å². The summed E-state index contributed by atoms with van der Waals surface area (Å²) in [6.07, 6.45) is 0.770. The van der Waals surface area contributed by atoms with E-state index in [0.717, 1.165) is 11.9 Å². The van der Waals surface area contributed by atoms with Crippen LogP contribution in [0.5, 0.6) is 0 Å². The average molecular weight is 197 g/mol. The molecular weight excluding hydrogens is 188 g/mol. The molecule has 1 aromatic heterocycles. The van der Waals surface area contributed by atoms with Gasteiger partial charge in [-0.3, -0.25) is 0 Å². The number of halogens is 1. The standard InChI is InChI=1S/C9H9ClN2O/c1-2-9-12-7-3-5(10)6(11)4-8(7)13-9/h3-4H,2,11H2,1H3. The van der Waals surface area contributed by atoms with Crippen LogP contribution < -0.4 is 5.73 Å². The van der Waals surface area contributed by atoms with Gasteiger partial charge in [-0.2, -0.15) is 0 Å². The molecule has 0 radical (unpaired) electrons. The molecule has 2 aromatic rings. The number of oxazole rings is 1. The second-order valence-electron chi connectivity index (χ2n) is 2.80. The zero-order chi connectivity index (χ0) is 9.42. The van der Waals surface area contributed by atoms with Crippen LogP contribution in [0.4, 0.5) is 5.69 Å². The number of rotatable bonds is 1. The average Bonchev–Trinajstić information content (AvgIpc) is 2.48. The number of hydrogen-bond acceptors (Lipinski definition) is 3. The number of aryl methyl sites for hydroxylation is 1. The second-order valence-corrected chi connectivity index (χ2v) is 3.21. The fourth-order valence-corrected chi connectivity index (χ4v) is 1.32. The Morgan fingerprint density at radius 2 is 2.31 bits per heavy atom. The Kier molecular flexibility index (Phi) is 1.88. The van der Waals surface area contributed by atoms with Crippen LogP contribution >= 0.6 is 11.6 Å². The third kappa shape index (κ3) is 1.35. The first kappa shape index (κ1) is 8.38. The van der Waals surface area contributed by atoms with Gasteiger partial charge in [0, 0.05) is 12.5 Å². The molecule has 1 heterocycles. The first-order valence-electron chi connectivity index (χ1n) is 4.05. The minimum atomic E-state index is 0.517. The molecule has 0 saturated heterocycles. The molecule has 0 amide bonds. The molecule has 0 bridgehead atoms. The summed E-state index contributed by atoms with van der Waals surface area (Å²) in [5.74, 6) is 0.705. The highest BCUT2D eigenvalue weighted by Gasteiger charge is 2.06. The first-order valence-corrected chi connectivity index (χ1v) is 4.43. The van der Waals surface area contributed by atoms with Gasteiger partial charge in [0.05, 0.1) is 10.7 Å². The summed E-state index contributed by atoms with van der Waals surface area (Å²) >= 11 is 5.83. The molecule has 3 nitrogen and oxygen atoms in total. The third-order valence-corrected chi connectivity index (χ3v) is 2.18. The van der Waals surface area contributed by atoms with Gasteiger partial charge in [-0.05, 0) is 6.07 Å². The van der Waals surface area contributed by atoms with Crippen LogP contribution in [-0.2, 0) is 6.42 Å². The SMILES string of the molecule is CCc1nc2cc(Cl)c(N)cc2o1. The van der Waals surface area contributed by atoms with Crippen LogP contribution in [0.15, 0.2) is 16.5 Å². The van der Waals surface area contributed by atoms with E-state index in [2.05, 4.69) is 4.98 Å². The van der Waals surface area contributed by atoms with E-state index >= 15 is 0 Å². The van der Waals surface area contributed by atoms with Gasteiger partial charge in [0.15, 0.2) is 11.5 Å². The number of aromatic nitrogens is 1. The van der Waals surface area contributed by atoms with Crippen LogP contribution in [-0.4, -0.2) is 4.98 Å². The van der Waals surface area contributed by atoms with E-state index in [0.29, 0.717) is 22.2 Å². The molecular formula is C9H9ClN2O. The quantitative estimate of drug-likeness (QED) is 0.714. The van der Waals surface area contributed by atoms with Crippen molar-refractivity contribution < 1.29 is 4.42 Å². The van der Waals surface area contributed by atoms with Gasteiger partial charge in [-0.15, -0.1) is 0 Å². The van der Waals surface area contributed by atoms with Crippen molar-refractivity contribution in [1.29, 1.82) is 0 Å². The van der Waals surface area contributed by atoms with Crippen molar-refractivity contribution >= 4 is 28.4 Å². The predicted octanol–water partition coefficient (Wildman–Crippen LogP) is 2.63. The van der Waals surface area contributed by atoms with Gasteiger partial charge in [-0.1, -0.05) is 18.5 Å². The van der Waals surface area contributed by atoms with Gasteiger partial charge in [0.1, 0.15) is 5.52 Å². The molecule has 4 heteroatoms. The van der Waals surface area contributed by atoms with Crippen molar-refractivity contribution in [2.45, 2.75) is 13.3 Å². The van der Waals surface area contributed by atoms with E-state index in [-0.39, 0.29) is 0 Å². The van der Waals surface area contributed by atoms with E-state index in [9.17, 15) is 0 Å². The Morgan fingerprint density at radius 3 is 3.00 bits per heavy atom. The maximum atomic E-state index is 5.83. The Labute approximate surface area is 80.5 Å². The number of benzene rings is 1. The van der Waals surface area contributed by atoms with Gasteiger partial charge >= 0.3 is 0 Å². The Hall–Kier alpha value is -1.22. The fourth-order valence-electron chi connectivity index (χ4n) is 1.16. The summed E-state index contributed by atoms with van der Waals surface area (Å²) in [7, 11) is 0. The maximum Gasteiger partial charge on any atom is 0.195 e. The van der Waals surface area contributed by atoms with Crippen molar-refractivity contribution in [3.05, 3.63) is 23.0 Å². The zero-order valence-corrected chi connectivity index (χ0v) is 7.93. The molecule has 0 atom stereocenters. The summed E-state index contributed by atoms with van der Waals surface area (Å²) < 4.78 is 5.40. The lowest BCUT2D eigenvalue weighted by Crippen LogP contribution is -1.84. The van der Waals surface area contributed by atoms with Gasteiger partial charge in [0.25, 0.3) is 0 Å². The molecule has 2 N–H and O–H groups in total. The smallest absolute Gasteiger partial charge is 0.195 e. The van der Waals surface area contributed by atoms with Crippen molar-refractivity contribution in [2.24, 2.45) is 0 Å². The predicted molar refractivity (Wildman–Crippen MR) is 52.8 cm³/mol. The fraction of sp³-hybridized carbons (Fsp3) is 0.222. The highest BCUT2D eigenvalue weighted by Crippen LogP contribution is 2.26. The number of nitrogens with two attached hydrogens (primary N) is 1. The Balaban J connectivity index is 2.70. The van der Waals surface area contributed by atoms with Gasteiger partial charge in [0.2, 0.25) is 0 Å². The van der Waals surface area contributed by atoms with Gasteiger partial charge in [-0.25, -0.2) is 4.98 Å². The topological polar surface area (TPSA) is 52.0 Å². The molecule has 68 valence electrons. The van der Waals surface area contributed by atoms with Gasteiger partial charge < -0.3 is 10.2 Å². The first-order chi connectivity index (χ1) is 6.20. The summed E-state index contributed by atoms with van der Waals surface area (Å²) in [6, 6.07) is 3.42. The van der Waals surface area contributed by atoms with E-state index in [1.807, 2.05) is 6.92 Å². The molecule has 0 unspecified atom stereocenters. The van der Waals surface area contributed by atoms with E-state index in [1.54, 1.807) is 12.1 Å². The van der Waals surface area contributed by atoms with E-state index in [1.165, 1.54) is 0 Å². The molecule has 0 saturated carbocycles. The van der Waals surface area contributed by atoms with Crippen molar-refractivity contribution in [3.8, 4) is 0 Å². The Morgan fingerprint density at radius 1 is 1.54 bits per heavy atom. The molecule has 0 fully saturated rings. The zero-order valence-electron chi connectivity index (χ0n) is 7.17. The minimum absolute atomic E-state index is 0.517. The monoisotopic (exact) mass is 196 g/mol. The van der Waals surface area contributed by atoms with Crippen LogP contribution in [0.25, 0.3) is 11.1 Å². The molecule has 0 aliphatic carbocycles. The van der Waals surface area contributed by atoms with Crippen LogP contribution in [0.2, 0.25) is 5.02 Å². The van der Waals surface area contributed by atoms with Crippen molar-refractivity contribution in [1.82, 2.24) is 4.98 Å². The molecule has 0 aliphatic rings. The lowest BCUT2D eigenvalue weighted by atomic mass is 10.3. The second kappa shape index (κ2) is 2.92. The molecule has 13 heavy (non-hydrogen) atoms. The lowest BCUT2D eigenvalue weighted by molar-refractivity contribution is 0.538. The lowest BCUT2D eigenvalue weighted by Gasteiger charge is -1.94.